The number of carbonyl (C=O) groups is 1. The molecular formula is C25H34N2O5SSi. The normalized spacial score (nSPS) is 20.9. The molecule has 1 spiro atoms. The maximum Gasteiger partial charge on any atom is 0.243 e. The van der Waals surface area contributed by atoms with Crippen LogP contribution in [-0.4, -0.2) is 60.2 Å². The Morgan fingerprint density at radius 2 is 1.79 bits per heavy atom. The van der Waals surface area contributed by atoms with E-state index in [-0.39, 0.29) is 30.6 Å². The molecule has 0 bridgehead atoms. The van der Waals surface area contributed by atoms with Crippen LogP contribution in [0.5, 0.6) is 5.75 Å². The quantitative estimate of drug-likeness (QED) is 0.403. The highest BCUT2D eigenvalue weighted by molar-refractivity contribution is 7.89. The number of benzene rings is 2. The number of amides is 1. The average molecular weight is 503 g/mol. The fourth-order valence-electron chi connectivity index (χ4n) is 4.72. The molecule has 0 aliphatic carbocycles. The van der Waals surface area contributed by atoms with Gasteiger partial charge in [-0.15, -0.1) is 0 Å². The fourth-order valence-corrected chi connectivity index (χ4v) is 6.97. The molecular weight excluding hydrogens is 468 g/mol. The van der Waals surface area contributed by atoms with Gasteiger partial charge in [0.15, 0.2) is 0 Å². The van der Waals surface area contributed by atoms with Crippen molar-refractivity contribution in [2.24, 2.45) is 0 Å². The Labute approximate surface area is 203 Å². The summed E-state index contributed by atoms with van der Waals surface area (Å²) < 4.78 is 39.7. The summed E-state index contributed by atoms with van der Waals surface area (Å²) in [6.45, 7) is 9.87. The van der Waals surface area contributed by atoms with Gasteiger partial charge in [0.1, 0.15) is 12.5 Å². The van der Waals surface area contributed by atoms with Crippen molar-refractivity contribution in [3.8, 4) is 5.75 Å². The first-order chi connectivity index (χ1) is 16.0. The number of fused-ring (bicyclic) bond motifs is 2. The summed E-state index contributed by atoms with van der Waals surface area (Å²) in [5.41, 5.74) is 1.56. The molecule has 1 saturated heterocycles. The Morgan fingerprint density at radius 3 is 2.44 bits per heavy atom. The van der Waals surface area contributed by atoms with Gasteiger partial charge in [0.05, 0.1) is 23.1 Å². The minimum absolute atomic E-state index is 0.105. The lowest BCUT2D eigenvalue weighted by Gasteiger charge is -2.25. The predicted octanol–water partition coefficient (Wildman–Crippen LogP) is 3.99. The molecule has 2 heterocycles. The molecule has 4 rings (SSSR count). The van der Waals surface area contributed by atoms with E-state index in [1.807, 2.05) is 25.1 Å². The molecule has 1 atom stereocenters. The Hall–Kier alpha value is -2.20. The molecule has 0 radical (unpaired) electrons. The van der Waals surface area contributed by atoms with Crippen LogP contribution in [0, 0.1) is 6.92 Å². The number of para-hydroxylation sites is 1. The lowest BCUT2D eigenvalue weighted by Crippen LogP contribution is -2.44. The Kier molecular flexibility index (Phi) is 6.67. The van der Waals surface area contributed by atoms with E-state index in [9.17, 15) is 13.2 Å². The highest BCUT2D eigenvalue weighted by Gasteiger charge is 2.57. The van der Waals surface area contributed by atoms with E-state index in [4.69, 9.17) is 9.47 Å². The van der Waals surface area contributed by atoms with Gasteiger partial charge in [0.2, 0.25) is 15.9 Å². The van der Waals surface area contributed by atoms with Crippen LogP contribution in [0.4, 0.5) is 5.69 Å². The molecule has 0 aromatic heterocycles. The van der Waals surface area contributed by atoms with Gasteiger partial charge in [0.25, 0.3) is 0 Å². The number of ether oxygens (including phenoxy) is 2. The first-order valence-electron chi connectivity index (χ1n) is 11.6. The largest absolute Gasteiger partial charge is 0.495 e. The van der Waals surface area contributed by atoms with Crippen LogP contribution in [0.2, 0.25) is 25.7 Å². The zero-order valence-electron chi connectivity index (χ0n) is 20.6. The maximum atomic E-state index is 13.9. The molecule has 2 aromatic carbocycles. The molecule has 2 aromatic rings. The minimum atomic E-state index is -3.71. The van der Waals surface area contributed by atoms with Crippen molar-refractivity contribution in [3.63, 3.8) is 0 Å². The number of carbonyl (C=O) groups excluding carboxylic acids is 1. The smallest absolute Gasteiger partial charge is 0.243 e. The van der Waals surface area contributed by atoms with Crippen LogP contribution in [0.3, 0.4) is 0 Å². The molecule has 1 fully saturated rings. The number of sulfonamides is 1. The van der Waals surface area contributed by atoms with Crippen LogP contribution >= 0.6 is 0 Å². The molecule has 1 unspecified atom stereocenters. The predicted molar refractivity (Wildman–Crippen MR) is 136 cm³/mol. The summed E-state index contributed by atoms with van der Waals surface area (Å²) in [5.74, 6) is 0.470. The van der Waals surface area contributed by atoms with Gasteiger partial charge in [-0.05, 0) is 43.2 Å². The second kappa shape index (κ2) is 9.11. The fraction of sp³-hybridized carbons (Fsp3) is 0.480. The van der Waals surface area contributed by atoms with Gasteiger partial charge in [-0.3, -0.25) is 9.69 Å². The first kappa shape index (κ1) is 24.9. The summed E-state index contributed by atoms with van der Waals surface area (Å²) >= 11 is 0. The molecule has 0 N–H and O–H groups in total. The van der Waals surface area contributed by atoms with E-state index in [2.05, 4.69) is 19.6 Å². The highest BCUT2D eigenvalue weighted by atomic mass is 32.2. The standard InChI is InChI=1S/C25H34N2O5SSi/c1-19-9-11-20(12-10-19)33(29,30)26-14-13-25(17-26)21-7-6-8-22(31-2)23(21)27(24(25)28)18-32-15-16-34(3,4)5/h6-12H,13-18H2,1-5H3. The Balaban J connectivity index is 1.64. The number of hydrogen-bond donors (Lipinski definition) is 0. The lowest BCUT2D eigenvalue weighted by atomic mass is 9.81. The van der Waals surface area contributed by atoms with Crippen molar-refractivity contribution in [2.75, 3.05) is 38.4 Å². The monoisotopic (exact) mass is 502 g/mol. The molecule has 34 heavy (non-hydrogen) atoms. The van der Waals surface area contributed by atoms with Gasteiger partial charge in [-0.2, -0.15) is 4.31 Å². The SMILES string of the molecule is COc1cccc2c1N(COCC[Si](C)(C)C)C(=O)C21CCN(S(=O)(=O)c2ccc(C)cc2)C1. The van der Waals surface area contributed by atoms with Gasteiger partial charge in [-0.1, -0.05) is 49.5 Å². The first-order valence-corrected chi connectivity index (χ1v) is 16.8. The minimum Gasteiger partial charge on any atom is -0.495 e. The Bertz CT molecular complexity index is 1180. The number of hydrogen-bond acceptors (Lipinski definition) is 5. The van der Waals surface area contributed by atoms with Gasteiger partial charge < -0.3 is 9.47 Å². The van der Waals surface area contributed by atoms with Crippen LogP contribution in [0.25, 0.3) is 0 Å². The summed E-state index contributed by atoms with van der Waals surface area (Å²) in [7, 11) is -3.39. The molecule has 2 aliphatic heterocycles. The summed E-state index contributed by atoms with van der Waals surface area (Å²) in [4.78, 5) is 15.8. The molecule has 184 valence electrons. The number of anilines is 1. The van der Waals surface area contributed by atoms with Gasteiger partial charge >= 0.3 is 0 Å². The number of rotatable bonds is 8. The van der Waals surface area contributed by atoms with Crippen LogP contribution in [0.15, 0.2) is 47.4 Å². The van der Waals surface area contributed by atoms with Crippen molar-refractivity contribution >= 4 is 29.7 Å². The number of methoxy groups -OCH3 is 1. The van der Waals surface area contributed by atoms with E-state index in [1.165, 1.54) is 4.31 Å². The molecule has 2 aliphatic rings. The van der Waals surface area contributed by atoms with Crippen LogP contribution in [0.1, 0.15) is 17.5 Å². The Morgan fingerprint density at radius 1 is 1.09 bits per heavy atom. The van der Waals surface area contributed by atoms with Crippen LogP contribution < -0.4 is 9.64 Å². The molecule has 7 nitrogen and oxygen atoms in total. The second-order valence-corrected chi connectivity index (χ2v) is 18.0. The van der Waals surface area contributed by atoms with Crippen molar-refractivity contribution in [1.82, 2.24) is 4.31 Å². The van der Waals surface area contributed by atoms with E-state index in [0.29, 0.717) is 24.5 Å². The number of aryl methyl sites for hydroxylation is 1. The average Bonchev–Trinajstić information content (AvgIpc) is 3.34. The van der Waals surface area contributed by atoms with E-state index in [1.54, 1.807) is 36.3 Å². The topological polar surface area (TPSA) is 76.2 Å². The molecule has 0 saturated carbocycles. The third kappa shape index (κ3) is 4.42. The highest BCUT2D eigenvalue weighted by Crippen LogP contribution is 2.51. The van der Waals surface area contributed by atoms with Crippen molar-refractivity contribution in [3.05, 3.63) is 53.6 Å². The van der Waals surface area contributed by atoms with Crippen LogP contribution in [-0.2, 0) is 25.0 Å². The summed E-state index contributed by atoms with van der Waals surface area (Å²) in [6.07, 6.45) is 0.419. The molecule has 9 heteroatoms. The zero-order chi connectivity index (χ0) is 24.7. The number of nitrogens with zero attached hydrogens (tertiary/aromatic N) is 2. The second-order valence-electron chi connectivity index (χ2n) is 10.4. The van der Waals surface area contributed by atoms with E-state index >= 15 is 0 Å². The van der Waals surface area contributed by atoms with Gasteiger partial charge in [-0.25, -0.2) is 8.42 Å². The maximum absolute atomic E-state index is 13.9. The zero-order valence-corrected chi connectivity index (χ0v) is 22.4. The van der Waals surface area contributed by atoms with Crippen molar-refractivity contribution in [2.45, 2.75) is 49.3 Å². The summed E-state index contributed by atoms with van der Waals surface area (Å²) in [5, 5.41) is 0. The van der Waals surface area contributed by atoms with Gasteiger partial charge in [0, 0.05) is 27.8 Å². The summed E-state index contributed by atoms with van der Waals surface area (Å²) in [6, 6.07) is 13.4. The third-order valence-electron chi connectivity index (χ3n) is 6.77. The third-order valence-corrected chi connectivity index (χ3v) is 10.3. The van der Waals surface area contributed by atoms with E-state index in [0.717, 1.165) is 17.2 Å². The van der Waals surface area contributed by atoms with Crippen molar-refractivity contribution < 1.29 is 22.7 Å². The molecule has 1 amide bonds. The van der Waals surface area contributed by atoms with E-state index < -0.39 is 23.5 Å². The lowest BCUT2D eigenvalue weighted by molar-refractivity contribution is -0.123. The van der Waals surface area contributed by atoms with Crippen molar-refractivity contribution in [1.29, 1.82) is 0 Å².